The number of aryl methyl sites for hydroxylation is 2. The summed E-state index contributed by atoms with van der Waals surface area (Å²) in [5.41, 5.74) is 5.99. The first-order valence-corrected chi connectivity index (χ1v) is 5.41. The van der Waals surface area contributed by atoms with Crippen LogP contribution >= 0.6 is 0 Å². The standard InChI is InChI=1S/C12H20N4/c1-8(2)14-12(16-13)15-11-6-5-9(3)7-10(11)4/h5-8H,13H2,1-4H3,(H2,14,15,16). The fourth-order valence-corrected chi connectivity index (χ4v) is 1.45. The highest BCUT2D eigenvalue weighted by Gasteiger charge is 2.02. The van der Waals surface area contributed by atoms with Gasteiger partial charge in [-0.1, -0.05) is 17.7 Å². The van der Waals surface area contributed by atoms with Crippen LogP contribution in [0.1, 0.15) is 25.0 Å². The molecule has 4 heteroatoms. The van der Waals surface area contributed by atoms with Crippen molar-refractivity contribution in [3.63, 3.8) is 0 Å². The van der Waals surface area contributed by atoms with Crippen molar-refractivity contribution in [2.75, 3.05) is 5.32 Å². The quantitative estimate of drug-likeness (QED) is 0.309. The van der Waals surface area contributed by atoms with Gasteiger partial charge in [0.05, 0.1) is 0 Å². The summed E-state index contributed by atoms with van der Waals surface area (Å²) in [5.74, 6) is 5.99. The number of nitrogens with one attached hydrogen (secondary N) is 2. The van der Waals surface area contributed by atoms with Crippen LogP contribution in [0, 0.1) is 13.8 Å². The molecule has 0 aliphatic carbocycles. The van der Waals surface area contributed by atoms with Crippen LogP contribution in [-0.2, 0) is 0 Å². The van der Waals surface area contributed by atoms with Crippen LogP contribution in [0.3, 0.4) is 0 Å². The molecule has 0 saturated carbocycles. The minimum absolute atomic E-state index is 0.198. The van der Waals surface area contributed by atoms with E-state index in [4.69, 9.17) is 5.84 Å². The second kappa shape index (κ2) is 5.51. The SMILES string of the molecule is Cc1ccc(NC(=NC(C)C)NN)c(C)c1. The second-order valence-corrected chi connectivity index (χ2v) is 4.16. The normalized spacial score (nSPS) is 11.8. The summed E-state index contributed by atoms with van der Waals surface area (Å²) in [5, 5.41) is 3.17. The molecule has 4 N–H and O–H groups in total. The van der Waals surface area contributed by atoms with Gasteiger partial charge in [-0.2, -0.15) is 0 Å². The van der Waals surface area contributed by atoms with Gasteiger partial charge in [0.1, 0.15) is 0 Å². The Hall–Kier alpha value is -1.55. The van der Waals surface area contributed by atoms with E-state index in [0.717, 1.165) is 5.69 Å². The Kier molecular flexibility index (Phi) is 4.31. The Morgan fingerprint density at radius 2 is 2.00 bits per heavy atom. The average molecular weight is 220 g/mol. The number of hydrazine groups is 1. The van der Waals surface area contributed by atoms with Crippen molar-refractivity contribution >= 4 is 11.6 Å². The second-order valence-electron chi connectivity index (χ2n) is 4.16. The van der Waals surface area contributed by atoms with Gasteiger partial charge in [-0.05, 0) is 39.3 Å². The van der Waals surface area contributed by atoms with E-state index in [9.17, 15) is 0 Å². The Balaban J connectivity index is 2.86. The van der Waals surface area contributed by atoms with E-state index in [1.54, 1.807) is 0 Å². The van der Waals surface area contributed by atoms with Crippen LogP contribution in [0.5, 0.6) is 0 Å². The summed E-state index contributed by atoms with van der Waals surface area (Å²) in [7, 11) is 0. The third-order valence-corrected chi connectivity index (χ3v) is 2.16. The van der Waals surface area contributed by atoms with Gasteiger partial charge in [0.25, 0.3) is 0 Å². The molecule has 0 radical (unpaired) electrons. The molecule has 0 aliphatic rings. The van der Waals surface area contributed by atoms with Crippen LogP contribution < -0.4 is 16.6 Å². The summed E-state index contributed by atoms with van der Waals surface area (Å²) in [6, 6.07) is 6.40. The Morgan fingerprint density at radius 1 is 1.31 bits per heavy atom. The lowest BCUT2D eigenvalue weighted by molar-refractivity contribution is 0.819. The molecule has 0 saturated heterocycles. The maximum Gasteiger partial charge on any atom is 0.210 e. The van der Waals surface area contributed by atoms with Crippen LogP contribution in [0.4, 0.5) is 5.69 Å². The zero-order valence-electron chi connectivity index (χ0n) is 10.3. The van der Waals surface area contributed by atoms with Gasteiger partial charge in [0.15, 0.2) is 0 Å². The van der Waals surface area contributed by atoms with Crippen molar-refractivity contribution in [1.29, 1.82) is 0 Å². The average Bonchev–Trinajstić information content (AvgIpc) is 2.20. The maximum absolute atomic E-state index is 5.41. The van der Waals surface area contributed by atoms with Gasteiger partial charge in [0.2, 0.25) is 5.96 Å². The van der Waals surface area contributed by atoms with Crippen LogP contribution in [-0.4, -0.2) is 12.0 Å². The maximum atomic E-state index is 5.41. The third kappa shape index (κ3) is 3.55. The minimum atomic E-state index is 0.198. The van der Waals surface area contributed by atoms with Crippen molar-refractivity contribution in [3.8, 4) is 0 Å². The fraction of sp³-hybridized carbons (Fsp3) is 0.417. The summed E-state index contributed by atoms with van der Waals surface area (Å²) in [4.78, 5) is 4.32. The zero-order chi connectivity index (χ0) is 12.1. The number of anilines is 1. The van der Waals surface area contributed by atoms with Crippen LogP contribution in [0.2, 0.25) is 0 Å². The van der Waals surface area contributed by atoms with Crippen LogP contribution in [0.25, 0.3) is 0 Å². The molecule has 1 aromatic carbocycles. The van der Waals surface area contributed by atoms with Gasteiger partial charge >= 0.3 is 0 Å². The summed E-state index contributed by atoms with van der Waals surface area (Å²) in [6.07, 6.45) is 0. The molecule has 0 atom stereocenters. The molecule has 0 aromatic heterocycles. The third-order valence-electron chi connectivity index (χ3n) is 2.16. The molecular formula is C12H20N4. The monoisotopic (exact) mass is 220 g/mol. The van der Waals surface area contributed by atoms with Gasteiger partial charge < -0.3 is 5.32 Å². The summed E-state index contributed by atoms with van der Waals surface area (Å²) in [6.45, 7) is 8.13. The summed E-state index contributed by atoms with van der Waals surface area (Å²) >= 11 is 0. The highest BCUT2D eigenvalue weighted by Crippen LogP contribution is 2.15. The first-order valence-electron chi connectivity index (χ1n) is 5.41. The van der Waals surface area contributed by atoms with E-state index in [1.807, 2.05) is 19.9 Å². The first-order chi connectivity index (χ1) is 7.52. The molecular weight excluding hydrogens is 200 g/mol. The molecule has 0 unspecified atom stereocenters. The molecule has 16 heavy (non-hydrogen) atoms. The highest BCUT2D eigenvalue weighted by molar-refractivity contribution is 5.94. The van der Waals surface area contributed by atoms with E-state index in [0.29, 0.717) is 5.96 Å². The topological polar surface area (TPSA) is 62.4 Å². The number of nitrogens with zero attached hydrogens (tertiary/aromatic N) is 1. The van der Waals surface area contributed by atoms with Crippen molar-refractivity contribution in [2.24, 2.45) is 10.8 Å². The summed E-state index contributed by atoms with van der Waals surface area (Å²) < 4.78 is 0. The molecule has 0 heterocycles. The molecule has 88 valence electrons. The van der Waals surface area contributed by atoms with Crippen molar-refractivity contribution in [2.45, 2.75) is 33.7 Å². The van der Waals surface area contributed by atoms with Crippen molar-refractivity contribution in [3.05, 3.63) is 29.3 Å². The predicted octanol–water partition coefficient (Wildman–Crippen LogP) is 1.94. The fourth-order valence-electron chi connectivity index (χ4n) is 1.45. The van der Waals surface area contributed by atoms with Gasteiger partial charge in [0, 0.05) is 11.7 Å². The van der Waals surface area contributed by atoms with Gasteiger partial charge in [-0.15, -0.1) is 0 Å². The zero-order valence-corrected chi connectivity index (χ0v) is 10.3. The highest BCUT2D eigenvalue weighted by atomic mass is 15.3. The van der Waals surface area contributed by atoms with E-state index in [2.05, 4.69) is 41.7 Å². The molecule has 0 fully saturated rings. The Bertz CT molecular complexity index is 383. The lowest BCUT2D eigenvalue weighted by Crippen LogP contribution is -2.37. The van der Waals surface area contributed by atoms with Crippen LogP contribution in [0.15, 0.2) is 23.2 Å². The number of hydrogen-bond acceptors (Lipinski definition) is 2. The molecule has 0 aliphatic heterocycles. The largest absolute Gasteiger partial charge is 0.325 e. The number of aliphatic imine (C=N–C) groups is 1. The van der Waals surface area contributed by atoms with Gasteiger partial charge in [-0.3, -0.25) is 5.43 Å². The molecule has 1 aromatic rings. The van der Waals surface area contributed by atoms with E-state index >= 15 is 0 Å². The lowest BCUT2D eigenvalue weighted by Gasteiger charge is -2.13. The smallest absolute Gasteiger partial charge is 0.210 e. The van der Waals surface area contributed by atoms with Gasteiger partial charge in [-0.25, -0.2) is 10.8 Å². The van der Waals surface area contributed by atoms with E-state index in [-0.39, 0.29) is 6.04 Å². The molecule has 4 nitrogen and oxygen atoms in total. The molecule has 0 amide bonds. The number of guanidine groups is 1. The van der Waals surface area contributed by atoms with Crippen molar-refractivity contribution in [1.82, 2.24) is 5.43 Å². The van der Waals surface area contributed by atoms with E-state index in [1.165, 1.54) is 11.1 Å². The first kappa shape index (κ1) is 12.5. The van der Waals surface area contributed by atoms with E-state index < -0.39 is 0 Å². The predicted molar refractivity (Wildman–Crippen MR) is 69.4 cm³/mol. The number of hydrogen-bond donors (Lipinski definition) is 3. The number of benzene rings is 1. The number of nitrogens with two attached hydrogens (primary N) is 1. The minimum Gasteiger partial charge on any atom is -0.325 e. The molecule has 0 spiro atoms. The lowest BCUT2D eigenvalue weighted by atomic mass is 10.1. The number of rotatable bonds is 2. The molecule has 0 bridgehead atoms. The van der Waals surface area contributed by atoms with Crippen molar-refractivity contribution < 1.29 is 0 Å². The Morgan fingerprint density at radius 3 is 2.50 bits per heavy atom. The Labute approximate surface area is 96.9 Å². The molecule has 1 rings (SSSR count).